The molecule has 0 aliphatic carbocycles. The lowest BCUT2D eigenvalue weighted by Gasteiger charge is -2.24. The Balaban J connectivity index is 1.79. The van der Waals surface area contributed by atoms with E-state index in [0.29, 0.717) is 30.7 Å². The summed E-state index contributed by atoms with van der Waals surface area (Å²) in [4.78, 5) is 15.3. The molecule has 3 heterocycles. The molecule has 2 aliphatic rings. The average molecular weight is 300 g/mol. The fourth-order valence-electron chi connectivity index (χ4n) is 2.54. The Morgan fingerprint density at radius 3 is 2.95 bits per heavy atom. The Morgan fingerprint density at radius 1 is 1.32 bits per heavy atom. The quantitative estimate of drug-likeness (QED) is 0.854. The second-order valence-electron chi connectivity index (χ2n) is 4.89. The largest absolute Gasteiger partial charge is 0.486 e. The summed E-state index contributed by atoms with van der Waals surface area (Å²) in [5.74, 6) is 0.677. The lowest BCUT2D eigenvalue weighted by molar-refractivity contribution is -0.132. The number of anilines is 1. The molecule has 22 heavy (non-hydrogen) atoms. The van der Waals surface area contributed by atoms with E-state index >= 15 is 0 Å². The molecule has 4 rings (SSSR count). The van der Waals surface area contributed by atoms with Crippen LogP contribution in [0.4, 0.5) is 5.95 Å². The summed E-state index contributed by atoms with van der Waals surface area (Å²) >= 11 is 0. The average Bonchev–Trinajstić information content (AvgIpc) is 3.02. The van der Waals surface area contributed by atoms with Crippen molar-refractivity contribution in [3.05, 3.63) is 41.9 Å². The normalized spacial score (nSPS) is 18.9. The van der Waals surface area contributed by atoms with Crippen molar-refractivity contribution < 1.29 is 19.4 Å². The number of allylic oxidation sites excluding steroid dienone is 1. The summed E-state index contributed by atoms with van der Waals surface area (Å²) in [6, 6.07) is 5.15. The highest BCUT2D eigenvalue weighted by Crippen LogP contribution is 2.35. The molecule has 1 aromatic heterocycles. The number of benzene rings is 1. The minimum atomic E-state index is -1.04. The molecule has 1 atom stereocenters. The maximum Gasteiger partial charge on any atom is 0.352 e. The highest BCUT2D eigenvalue weighted by molar-refractivity contribution is 5.90. The standard InChI is InChI=1S/C14H12N4O4/c19-13(20)9-6-10(18-14(17-9)15-7-16-18)8-1-2-11-12(5-8)22-4-3-21-11/h1-2,5-7,10H,3-4H2,(H,19,20)(H,15,16,17). The van der Waals surface area contributed by atoms with Crippen LogP contribution in [0, 0.1) is 0 Å². The van der Waals surface area contributed by atoms with Gasteiger partial charge in [0.15, 0.2) is 11.5 Å². The first-order chi connectivity index (χ1) is 10.7. The summed E-state index contributed by atoms with van der Waals surface area (Å²) in [6.07, 6.45) is 2.97. The van der Waals surface area contributed by atoms with Gasteiger partial charge in [-0.15, -0.1) is 0 Å². The van der Waals surface area contributed by atoms with Crippen LogP contribution in [-0.4, -0.2) is 39.1 Å². The smallest absolute Gasteiger partial charge is 0.352 e. The lowest BCUT2D eigenvalue weighted by atomic mass is 10.0. The van der Waals surface area contributed by atoms with Gasteiger partial charge < -0.3 is 19.9 Å². The number of carbonyl (C=O) groups is 1. The van der Waals surface area contributed by atoms with Crippen LogP contribution in [0.15, 0.2) is 36.3 Å². The molecule has 0 bridgehead atoms. The SMILES string of the molecule is O=C(O)C1=CC(c2ccc3c(c2)OCCO3)n2ncnc2N1. The molecule has 2 aliphatic heterocycles. The Labute approximate surface area is 125 Å². The van der Waals surface area contributed by atoms with Gasteiger partial charge in [0.2, 0.25) is 5.95 Å². The first-order valence-electron chi connectivity index (χ1n) is 6.73. The van der Waals surface area contributed by atoms with Crippen LogP contribution in [0.2, 0.25) is 0 Å². The van der Waals surface area contributed by atoms with Gasteiger partial charge in [-0.25, -0.2) is 9.48 Å². The molecule has 8 nitrogen and oxygen atoms in total. The highest BCUT2D eigenvalue weighted by atomic mass is 16.6. The van der Waals surface area contributed by atoms with Gasteiger partial charge >= 0.3 is 5.97 Å². The number of hydrogen-bond donors (Lipinski definition) is 2. The van der Waals surface area contributed by atoms with E-state index < -0.39 is 5.97 Å². The molecule has 2 N–H and O–H groups in total. The number of aliphatic carboxylic acids is 1. The number of rotatable bonds is 2. The second kappa shape index (κ2) is 4.76. The Morgan fingerprint density at radius 2 is 2.14 bits per heavy atom. The highest BCUT2D eigenvalue weighted by Gasteiger charge is 2.26. The van der Waals surface area contributed by atoms with Gasteiger partial charge in [0.1, 0.15) is 31.3 Å². The zero-order valence-electron chi connectivity index (χ0n) is 11.4. The van der Waals surface area contributed by atoms with E-state index in [9.17, 15) is 9.90 Å². The third-order valence-corrected chi connectivity index (χ3v) is 3.55. The second-order valence-corrected chi connectivity index (χ2v) is 4.89. The molecule has 112 valence electrons. The number of nitrogens with zero attached hydrogens (tertiary/aromatic N) is 3. The number of hydrogen-bond acceptors (Lipinski definition) is 6. The van der Waals surface area contributed by atoms with Crippen LogP contribution in [0.5, 0.6) is 11.5 Å². The predicted octanol–water partition coefficient (Wildman–Crippen LogP) is 1.03. The topological polar surface area (TPSA) is 98.5 Å². The van der Waals surface area contributed by atoms with E-state index in [2.05, 4.69) is 15.4 Å². The summed E-state index contributed by atoms with van der Waals surface area (Å²) < 4.78 is 12.7. The van der Waals surface area contributed by atoms with Crippen LogP contribution < -0.4 is 14.8 Å². The van der Waals surface area contributed by atoms with Gasteiger partial charge in [0, 0.05) is 0 Å². The van der Waals surface area contributed by atoms with E-state index in [0.717, 1.165) is 5.56 Å². The van der Waals surface area contributed by atoms with Crippen molar-refractivity contribution in [3.8, 4) is 11.5 Å². The van der Waals surface area contributed by atoms with E-state index in [4.69, 9.17) is 9.47 Å². The number of carboxylic acids is 1. The number of nitrogens with one attached hydrogen (secondary N) is 1. The third kappa shape index (κ3) is 1.96. The van der Waals surface area contributed by atoms with Gasteiger partial charge in [0.25, 0.3) is 0 Å². The lowest BCUT2D eigenvalue weighted by Crippen LogP contribution is -2.24. The van der Waals surface area contributed by atoms with Crippen molar-refractivity contribution in [2.24, 2.45) is 0 Å². The van der Waals surface area contributed by atoms with Crippen LogP contribution in [-0.2, 0) is 4.79 Å². The van der Waals surface area contributed by atoms with Gasteiger partial charge in [-0.1, -0.05) is 6.07 Å². The first-order valence-corrected chi connectivity index (χ1v) is 6.73. The summed E-state index contributed by atoms with van der Waals surface area (Å²) in [5.41, 5.74) is 0.914. The number of aromatic nitrogens is 3. The van der Waals surface area contributed by atoms with Crippen molar-refractivity contribution >= 4 is 11.9 Å². The minimum Gasteiger partial charge on any atom is -0.486 e. The third-order valence-electron chi connectivity index (χ3n) is 3.55. The van der Waals surface area contributed by atoms with Crippen molar-refractivity contribution in [2.75, 3.05) is 18.5 Å². The van der Waals surface area contributed by atoms with E-state index in [1.165, 1.54) is 6.33 Å². The molecule has 0 saturated carbocycles. The molecule has 8 heteroatoms. The van der Waals surface area contributed by atoms with E-state index in [-0.39, 0.29) is 11.7 Å². The van der Waals surface area contributed by atoms with Gasteiger partial charge in [-0.3, -0.25) is 0 Å². The van der Waals surface area contributed by atoms with Crippen LogP contribution in [0.1, 0.15) is 11.6 Å². The molecule has 0 spiro atoms. The molecule has 0 radical (unpaired) electrons. The minimum absolute atomic E-state index is 0.0698. The number of ether oxygens (including phenoxy) is 2. The van der Waals surface area contributed by atoms with Gasteiger partial charge in [-0.05, 0) is 23.8 Å². The number of carboxylic acid groups (broad SMARTS) is 1. The van der Waals surface area contributed by atoms with Crippen molar-refractivity contribution in [2.45, 2.75) is 6.04 Å². The molecule has 2 aromatic rings. The molecular weight excluding hydrogens is 288 g/mol. The zero-order valence-corrected chi connectivity index (χ0v) is 11.4. The van der Waals surface area contributed by atoms with E-state index in [1.807, 2.05) is 18.2 Å². The first kappa shape index (κ1) is 12.7. The van der Waals surface area contributed by atoms with Gasteiger partial charge in [-0.2, -0.15) is 10.1 Å². The maximum absolute atomic E-state index is 11.3. The van der Waals surface area contributed by atoms with Crippen molar-refractivity contribution in [1.82, 2.24) is 14.8 Å². The summed E-state index contributed by atoms with van der Waals surface area (Å²) in [5, 5.41) is 16.1. The summed E-state index contributed by atoms with van der Waals surface area (Å²) in [7, 11) is 0. The summed E-state index contributed by atoms with van der Waals surface area (Å²) in [6.45, 7) is 1.02. The fourth-order valence-corrected chi connectivity index (χ4v) is 2.54. The predicted molar refractivity (Wildman–Crippen MR) is 74.9 cm³/mol. The molecule has 1 aromatic carbocycles. The molecular formula is C14H12N4O4. The Kier molecular flexibility index (Phi) is 2.75. The van der Waals surface area contributed by atoms with Crippen LogP contribution >= 0.6 is 0 Å². The molecule has 0 saturated heterocycles. The zero-order chi connectivity index (χ0) is 15.1. The van der Waals surface area contributed by atoms with Gasteiger partial charge in [0.05, 0.1) is 0 Å². The van der Waals surface area contributed by atoms with Crippen LogP contribution in [0.3, 0.4) is 0 Å². The van der Waals surface area contributed by atoms with Crippen LogP contribution in [0.25, 0.3) is 0 Å². The van der Waals surface area contributed by atoms with Crippen molar-refractivity contribution in [1.29, 1.82) is 0 Å². The monoisotopic (exact) mass is 300 g/mol. The Hall–Kier alpha value is -3.03. The molecule has 0 fully saturated rings. The maximum atomic E-state index is 11.3. The fraction of sp³-hybridized carbons (Fsp3) is 0.214. The molecule has 0 amide bonds. The van der Waals surface area contributed by atoms with E-state index in [1.54, 1.807) is 10.8 Å². The molecule has 1 unspecified atom stereocenters. The Bertz CT molecular complexity index is 783. The van der Waals surface area contributed by atoms with Crippen molar-refractivity contribution in [3.63, 3.8) is 0 Å². The number of fused-ring (bicyclic) bond motifs is 2.